The van der Waals surface area contributed by atoms with Gasteiger partial charge in [0.05, 0.1) is 17.9 Å². The molecule has 0 saturated carbocycles. The second-order valence-corrected chi connectivity index (χ2v) is 4.63. The Labute approximate surface area is 104 Å². The van der Waals surface area contributed by atoms with Crippen molar-refractivity contribution >= 4 is 17.0 Å². The standard InChI is InChI=1S/C12H12N4S/c1-8-7-17-12(15-8)9(2)16-11-4-3-10(5-13)14-6-11/h3-4,6-7,9,16H,1-2H3. The summed E-state index contributed by atoms with van der Waals surface area (Å²) in [5.74, 6) is 0. The lowest BCUT2D eigenvalue weighted by molar-refractivity contribution is 0.862. The molecule has 86 valence electrons. The first kappa shape index (κ1) is 11.6. The summed E-state index contributed by atoms with van der Waals surface area (Å²) >= 11 is 1.64. The highest BCUT2D eigenvalue weighted by Gasteiger charge is 2.09. The Morgan fingerprint density at radius 1 is 1.47 bits per heavy atom. The van der Waals surface area contributed by atoms with E-state index in [0.717, 1.165) is 16.4 Å². The number of nitrogens with one attached hydrogen (secondary N) is 1. The number of nitriles is 1. The minimum absolute atomic E-state index is 0.142. The van der Waals surface area contributed by atoms with Crippen LogP contribution in [-0.2, 0) is 0 Å². The number of hydrogen-bond acceptors (Lipinski definition) is 5. The molecule has 4 nitrogen and oxygen atoms in total. The molecular weight excluding hydrogens is 232 g/mol. The van der Waals surface area contributed by atoms with Crippen LogP contribution in [0.15, 0.2) is 23.7 Å². The van der Waals surface area contributed by atoms with Crippen LogP contribution in [0.3, 0.4) is 0 Å². The summed E-state index contributed by atoms with van der Waals surface area (Å²) < 4.78 is 0. The molecule has 0 spiro atoms. The lowest BCUT2D eigenvalue weighted by Gasteiger charge is -2.12. The van der Waals surface area contributed by atoms with E-state index in [4.69, 9.17) is 5.26 Å². The van der Waals surface area contributed by atoms with Crippen LogP contribution in [-0.4, -0.2) is 9.97 Å². The summed E-state index contributed by atoms with van der Waals surface area (Å²) in [4.78, 5) is 8.43. The maximum Gasteiger partial charge on any atom is 0.140 e. The van der Waals surface area contributed by atoms with Crippen molar-refractivity contribution in [3.05, 3.63) is 40.1 Å². The summed E-state index contributed by atoms with van der Waals surface area (Å²) in [6.07, 6.45) is 1.66. The van der Waals surface area contributed by atoms with Crippen molar-refractivity contribution in [1.29, 1.82) is 5.26 Å². The van der Waals surface area contributed by atoms with E-state index in [0.29, 0.717) is 5.69 Å². The monoisotopic (exact) mass is 244 g/mol. The normalized spacial score (nSPS) is 11.8. The predicted octanol–water partition coefficient (Wildman–Crippen LogP) is 2.89. The van der Waals surface area contributed by atoms with E-state index < -0.39 is 0 Å². The molecule has 0 radical (unpaired) electrons. The molecule has 0 saturated heterocycles. The van der Waals surface area contributed by atoms with Crippen LogP contribution in [0.2, 0.25) is 0 Å². The Balaban J connectivity index is 2.08. The van der Waals surface area contributed by atoms with E-state index in [2.05, 4.69) is 22.2 Å². The van der Waals surface area contributed by atoms with Gasteiger partial charge in [-0.25, -0.2) is 9.97 Å². The van der Waals surface area contributed by atoms with Gasteiger partial charge < -0.3 is 5.32 Å². The van der Waals surface area contributed by atoms with Gasteiger partial charge in [-0.2, -0.15) is 5.26 Å². The minimum Gasteiger partial charge on any atom is -0.375 e. The van der Waals surface area contributed by atoms with Crippen LogP contribution in [0, 0.1) is 18.3 Å². The Morgan fingerprint density at radius 2 is 2.29 bits per heavy atom. The molecule has 2 aromatic rings. The minimum atomic E-state index is 0.142. The van der Waals surface area contributed by atoms with Crippen molar-refractivity contribution in [2.75, 3.05) is 5.32 Å². The number of aromatic nitrogens is 2. The molecule has 2 aromatic heterocycles. The molecule has 0 aliphatic heterocycles. The lowest BCUT2D eigenvalue weighted by atomic mass is 10.3. The van der Waals surface area contributed by atoms with Crippen molar-refractivity contribution in [1.82, 2.24) is 9.97 Å². The summed E-state index contributed by atoms with van der Waals surface area (Å²) in [5, 5.41) is 15.0. The SMILES string of the molecule is Cc1csc(C(C)Nc2ccc(C#N)nc2)n1. The largest absolute Gasteiger partial charge is 0.375 e. The Bertz CT molecular complexity index is 538. The van der Waals surface area contributed by atoms with Gasteiger partial charge in [-0.3, -0.25) is 0 Å². The summed E-state index contributed by atoms with van der Waals surface area (Å²) in [5.41, 5.74) is 2.36. The fraction of sp³-hybridized carbons (Fsp3) is 0.250. The molecule has 5 heteroatoms. The van der Waals surface area contributed by atoms with Crippen LogP contribution < -0.4 is 5.32 Å². The molecule has 2 heterocycles. The van der Waals surface area contributed by atoms with Gasteiger partial charge in [0.2, 0.25) is 0 Å². The second kappa shape index (κ2) is 4.93. The van der Waals surface area contributed by atoms with Gasteiger partial charge in [-0.05, 0) is 26.0 Å². The first-order valence-corrected chi connectivity index (χ1v) is 6.11. The average molecular weight is 244 g/mol. The van der Waals surface area contributed by atoms with Gasteiger partial charge in [0.15, 0.2) is 0 Å². The van der Waals surface area contributed by atoms with Crippen LogP contribution in [0.5, 0.6) is 0 Å². The van der Waals surface area contributed by atoms with Gasteiger partial charge in [-0.15, -0.1) is 11.3 Å². The van der Waals surface area contributed by atoms with E-state index >= 15 is 0 Å². The average Bonchev–Trinajstić information content (AvgIpc) is 2.77. The maximum atomic E-state index is 8.65. The van der Waals surface area contributed by atoms with Gasteiger partial charge in [0, 0.05) is 11.1 Å². The zero-order chi connectivity index (χ0) is 12.3. The summed E-state index contributed by atoms with van der Waals surface area (Å²) in [6.45, 7) is 4.03. The van der Waals surface area contributed by atoms with Gasteiger partial charge in [-0.1, -0.05) is 0 Å². The van der Waals surface area contributed by atoms with E-state index in [1.807, 2.05) is 24.4 Å². The number of nitrogens with zero attached hydrogens (tertiary/aromatic N) is 3. The van der Waals surface area contributed by atoms with Crippen LogP contribution in [0.4, 0.5) is 5.69 Å². The first-order valence-electron chi connectivity index (χ1n) is 5.24. The summed E-state index contributed by atoms with van der Waals surface area (Å²) in [7, 11) is 0. The third-order valence-electron chi connectivity index (χ3n) is 2.27. The molecule has 0 aromatic carbocycles. The van der Waals surface area contributed by atoms with Crippen molar-refractivity contribution in [3.63, 3.8) is 0 Å². The molecule has 1 unspecified atom stereocenters. The number of hydrogen-bond donors (Lipinski definition) is 1. The predicted molar refractivity (Wildman–Crippen MR) is 67.8 cm³/mol. The van der Waals surface area contributed by atoms with Gasteiger partial charge >= 0.3 is 0 Å². The summed E-state index contributed by atoms with van der Waals surface area (Å²) in [6, 6.07) is 5.68. The third-order valence-corrected chi connectivity index (χ3v) is 3.41. The highest BCUT2D eigenvalue weighted by molar-refractivity contribution is 7.09. The molecule has 0 aliphatic carbocycles. The Morgan fingerprint density at radius 3 is 2.82 bits per heavy atom. The molecule has 0 bridgehead atoms. The number of thiazole rings is 1. The fourth-order valence-electron chi connectivity index (χ4n) is 1.43. The Hall–Kier alpha value is -1.93. The van der Waals surface area contributed by atoms with E-state index in [-0.39, 0.29) is 6.04 Å². The van der Waals surface area contributed by atoms with Crippen molar-refractivity contribution in [2.24, 2.45) is 0 Å². The zero-order valence-electron chi connectivity index (χ0n) is 9.64. The second-order valence-electron chi connectivity index (χ2n) is 3.74. The van der Waals surface area contributed by atoms with Crippen LogP contribution in [0.25, 0.3) is 0 Å². The highest BCUT2D eigenvalue weighted by atomic mass is 32.1. The smallest absolute Gasteiger partial charge is 0.140 e. The number of rotatable bonds is 3. The van der Waals surface area contributed by atoms with Crippen LogP contribution in [0.1, 0.15) is 29.4 Å². The van der Waals surface area contributed by atoms with Crippen molar-refractivity contribution < 1.29 is 0 Å². The molecule has 1 atom stereocenters. The number of pyridine rings is 1. The molecule has 17 heavy (non-hydrogen) atoms. The van der Waals surface area contributed by atoms with Crippen molar-refractivity contribution in [2.45, 2.75) is 19.9 Å². The first-order chi connectivity index (χ1) is 8.19. The molecule has 2 rings (SSSR count). The topological polar surface area (TPSA) is 61.6 Å². The van der Waals surface area contributed by atoms with E-state index in [9.17, 15) is 0 Å². The molecule has 0 aliphatic rings. The van der Waals surface area contributed by atoms with E-state index in [1.54, 1.807) is 23.6 Å². The maximum absolute atomic E-state index is 8.65. The highest BCUT2D eigenvalue weighted by Crippen LogP contribution is 2.21. The fourth-order valence-corrected chi connectivity index (χ4v) is 2.23. The molecule has 1 N–H and O–H groups in total. The number of aryl methyl sites for hydroxylation is 1. The van der Waals surface area contributed by atoms with E-state index in [1.165, 1.54) is 0 Å². The lowest BCUT2D eigenvalue weighted by Crippen LogP contribution is -2.06. The molecule has 0 fully saturated rings. The number of anilines is 1. The van der Waals surface area contributed by atoms with Crippen molar-refractivity contribution in [3.8, 4) is 6.07 Å². The van der Waals surface area contributed by atoms with Gasteiger partial charge in [0.25, 0.3) is 0 Å². The quantitative estimate of drug-likeness (QED) is 0.901. The van der Waals surface area contributed by atoms with Crippen LogP contribution >= 0.6 is 11.3 Å². The van der Waals surface area contributed by atoms with Gasteiger partial charge in [0.1, 0.15) is 16.8 Å². The molecular formula is C12H12N4S. The molecule has 0 amide bonds. The zero-order valence-corrected chi connectivity index (χ0v) is 10.5. The Kier molecular flexibility index (Phi) is 3.35. The third kappa shape index (κ3) is 2.80.